The number of hydrogen-bond acceptors (Lipinski definition) is 5. The number of methoxy groups -OCH3 is 1. The molecule has 0 spiro atoms. The molecule has 0 atom stereocenters. The van der Waals surface area contributed by atoms with Crippen molar-refractivity contribution in [3.63, 3.8) is 0 Å². The number of rotatable bonds is 5. The second-order valence-electron chi connectivity index (χ2n) is 4.81. The molecule has 1 fully saturated rings. The highest BCUT2D eigenvalue weighted by Gasteiger charge is 2.31. The number of carbonyl (C=O) groups is 1. The van der Waals surface area contributed by atoms with E-state index in [0.717, 1.165) is 11.3 Å². The van der Waals surface area contributed by atoms with Crippen LogP contribution in [-0.4, -0.2) is 49.5 Å². The Morgan fingerprint density at radius 1 is 1.33 bits per heavy atom. The Kier molecular flexibility index (Phi) is 5.39. The molecular weight excluding hydrogens is 304 g/mol. The van der Waals surface area contributed by atoms with Crippen LogP contribution in [0.1, 0.15) is 5.56 Å². The minimum atomic E-state index is -0.0428. The van der Waals surface area contributed by atoms with Gasteiger partial charge in [-0.1, -0.05) is 36.1 Å². The quantitative estimate of drug-likeness (QED) is 0.615. The Labute approximate surface area is 134 Å². The van der Waals surface area contributed by atoms with Crippen LogP contribution in [-0.2, 0) is 9.53 Å². The topological polar surface area (TPSA) is 32.8 Å². The first-order valence-corrected chi connectivity index (χ1v) is 7.77. The second-order valence-corrected chi connectivity index (χ2v) is 6.49. The van der Waals surface area contributed by atoms with Crippen molar-refractivity contribution in [2.45, 2.75) is 0 Å². The van der Waals surface area contributed by atoms with E-state index in [1.807, 2.05) is 49.3 Å². The van der Waals surface area contributed by atoms with Crippen molar-refractivity contribution in [1.82, 2.24) is 4.90 Å². The van der Waals surface area contributed by atoms with Crippen molar-refractivity contribution >= 4 is 46.0 Å². The minimum Gasteiger partial charge on any atom is -0.383 e. The van der Waals surface area contributed by atoms with Crippen molar-refractivity contribution in [3.05, 3.63) is 34.7 Å². The van der Waals surface area contributed by atoms with Crippen molar-refractivity contribution in [2.24, 2.45) is 0 Å². The Balaban J connectivity index is 2.14. The summed E-state index contributed by atoms with van der Waals surface area (Å²) in [4.78, 5) is 16.6. The summed E-state index contributed by atoms with van der Waals surface area (Å²) in [6.45, 7) is 0.981. The molecule has 0 aromatic heterocycles. The van der Waals surface area contributed by atoms with E-state index in [4.69, 9.17) is 17.0 Å². The summed E-state index contributed by atoms with van der Waals surface area (Å²) in [5.74, 6) is -0.0428. The molecule has 0 radical (unpaired) electrons. The zero-order chi connectivity index (χ0) is 15.4. The van der Waals surface area contributed by atoms with Crippen LogP contribution in [0, 0.1) is 0 Å². The largest absolute Gasteiger partial charge is 0.383 e. The number of benzene rings is 1. The SMILES string of the molecule is COCCN1C(=O)C(=Cc2ccc(N(C)C)cc2)SC1=S. The summed E-state index contributed by atoms with van der Waals surface area (Å²) in [7, 11) is 5.60. The lowest BCUT2D eigenvalue weighted by Crippen LogP contribution is -2.31. The first-order valence-electron chi connectivity index (χ1n) is 6.54. The van der Waals surface area contributed by atoms with Gasteiger partial charge in [-0.25, -0.2) is 0 Å². The first-order chi connectivity index (χ1) is 10.0. The number of amides is 1. The normalized spacial score (nSPS) is 16.9. The van der Waals surface area contributed by atoms with Crippen molar-refractivity contribution in [2.75, 3.05) is 39.3 Å². The summed E-state index contributed by atoms with van der Waals surface area (Å²) in [5, 5.41) is 0. The highest BCUT2D eigenvalue weighted by molar-refractivity contribution is 8.26. The predicted molar refractivity (Wildman–Crippen MR) is 92.5 cm³/mol. The maximum Gasteiger partial charge on any atom is 0.266 e. The molecule has 0 bridgehead atoms. The van der Waals surface area contributed by atoms with Gasteiger partial charge in [0.05, 0.1) is 18.1 Å². The van der Waals surface area contributed by atoms with Gasteiger partial charge in [-0.05, 0) is 23.8 Å². The molecule has 2 rings (SSSR count). The number of anilines is 1. The number of thioether (sulfide) groups is 1. The van der Waals surface area contributed by atoms with Gasteiger partial charge in [0.15, 0.2) is 0 Å². The molecule has 4 nitrogen and oxygen atoms in total. The average molecular weight is 322 g/mol. The van der Waals surface area contributed by atoms with E-state index in [9.17, 15) is 4.79 Å². The van der Waals surface area contributed by atoms with Crippen LogP contribution in [0.25, 0.3) is 6.08 Å². The number of carbonyl (C=O) groups excluding carboxylic acids is 1. The molecule has 0 saturated carbocycles. The summed E-state index contributed by atoms with van der Waals surface area (Å²) >= 11 is 6.58. The lowest BCUT2D eigenvalue weighted by Gasteiger charge is -2.13. The Bertz CT molecular complexity index is 568. The lowest BCUT2D eigenvalue weighted by molar-refractivity contribution is -0.122. The molecule has 1 aliphatic heterocycles. The summed E-state index contributed by atoms with van der Waals surface area (Å²) in [6.07, 6.45) is 1.88. The van der Waals surface area contributed by atoms with Gasteiger partial charge in [0.2, 0.25) is 0 Å². The molecule has 1 aliphatic rings. The molecule has 1 heterocycles. The summed E-state index contributed by atoms with van der Waals surface area (Å²) < 4.78 is 5.59. The molecule has 1 aromatic carbocycles. The first kappa shape index (κ1) is 16.0. The third-order valence-corrected chi connectivity index (χ3v) is 4.48. The Morgan fingerprint density at radius 3 is 2.57 bits per heavy atom. The van der Waals surface area contributed by atoms with Gasteiger partial charge in [0, 0.05) is 26.9 Å². The lowest BCUT2D eigenvalue weighted by atomic mass is 10.2. The van der Waals surface area contributed by atoms with Crippen LogP contribution in [0.5, 0.6) is 0 Å². The summed E-state index contributed by atoms with van der Waals surface area (Å²) in [6, 6.07) is 8.04. The van der Waals surface area contributed by atoms with E-state index < -0.39 is 0 Å². The zero-order valence-corrected chi connectivity index (χ0v) is 14.0. The Morgan fingerprint density at radius 2 is 2.00 bits per heavy atom. The number of ether oxygens (including phenoxy) is 1. The molecule has 1 saturated heterocycles. The van der Waals surface area contributed by atoms with Crippen molar-refractivity contribution < 1.29 is 9.53 Å². The molecule has 112 valence electrons. The number of nitrogens with zero attached hydrogens (tertiary/aromatic N) is 2. The van der Waals surface area contributed by atoms with Crippen LogP contribution in [0.2, 0.25) is 0 Å². The van der Waals surface area contributed by atoms with Gasteiger partial charge >= 0.3 is 0 Å². The van der Waals surface area contributed by atoms with Crippen LogP contribution >= 0.6 is 24.0 Å². The maximum atomic E-state index is 12.3. The van der Waals surface area contributed by atoms with Crippen LogP contribution in [0.4, 0.5) is 5.69 Å². The number of hydrogen-bond donors (Lipinski definition) is 0. The van der Waals surface area contributed by atoms with Crippen molar-refractivity contribution in [3.8, 4) is 0 Å². The van der Waals surface area contributed by atoms with Gasteiger partial charge in [0.1, 0.15) is 4.32 Å². The van der Waals surface area contributed by atoms with E-state index in [1.54, 1.807) is 12.0 Å². The third-order valence-electron chi connectivity index (χ3n) is 3.10. The van der Waals surface area contributed by atoms with Crippen LogP contribution in [0.3, 0.4) is 0 Å². The van der Waals surface area contributed by atoms with Crippen LogP contribution < -0.4 is 4.90 Å². The van der Waals surface area contributed by atoms with Crippen molar-refractivity contribution in [1.29, 1.82) is 0 Å². The van der Waals surface area contributed by atoms with Gasteiger partial charge in [-0.2, -0.15) is 0 Å². The molecule has 1 aromatic rings. The minimum absolute atomic E-state index is 0.0428. The molecular formula is C15H18N2O2S2. The molecule has 0 unspecified atom stereocenters. The van der Waals surface area contributed by atoms with Gasteiger partial charge in [-0.3, -0.25) is 9.69 Å². The van der Waals surface area contributed by atoms with E-state index in [1.165, 1.54) is 11.8 Å². The fourth-order valence-electron chi connectivity index (χ4n) is 1.90. The smallest absolute Gasteiger partial charge is 0.266 e. The Hall–Kier alpha value is -1.37. The molecule has 1 amide bonds. The van der Waals surface area contributed by atoms with E-state index in [-0.39, 0.29) is 5.91 Å². The summed E-state index contributed by atoms with van der Waals surface area (Å²) in [5.41, 5.74) is 2.12. The molecule has 0 aliphatic carbocycles. The van der Waals surface area contributed by atoms with Gasteiger partial charge in [0.25, 0.3) is 5.91 Å². The van der Waals surface area contributed by atoms with Crippen LogP contribution in [0.15, 0.2) is 29.2 Å². The highest BCUT2D eigenvalue weighted by Crippen LogP contribution is 2.32. The highest BCUT2D eigenvalue weighted by atomic mass is 32.2. The van der Waals surface area contributed by atoms with E-state index in [2.05, 4.69) is 0 Å². The maximum absolute atomic E-state index is 12.3. The average Bonchev–Trinajstić information content (AvgIpc) is 2.72. The van der Waals surface area contributed by atoms with E-state index >= 15 is 0 Å². The van der Waals surface area contributed by atoms with E-state index in [0.29, 0.717) is 22.4 Å². The molecule has 6 heteroatoms. The second kappa shape index (κ2) is 7.06. The fraction of sp³-hybridized carbons (Fsp3) is 0.333. The predicted octanol–water partition coefficient (Wildman–Crippen LogP) is 2.60. The monoisotopic (exact) mass is 322 g/mol. The van der Waals surface area contributed by atoms with Gasteiger partial charge < -0.3 is 9.64 Å². The third kappa shape index (κ3) is 3.84. The standard InChI is InChI=1S/C15H18N2O2S2/c1-16(2)12-6-4-11(5-7-12)10-13-14(18)17(8-9-19-3)15(20)21-13/h4-7,10H,8-9H2,1-3H3. The number of thiocarbonyl (C=S) groups is 1. The molecule has 0 N–H and O–H groups in total. The van der Waals surface area contributed by atoms with Gasteiger partial charge in [-0.15, -0.1) is 0 Å². The zero-order valence-electron chi connectivity index (χ0n) is 12.3. The fourth-order valence-corrected chi connectivity index (χ4v) is 3.20. The molecule has 21 heavy (non-hydrogen) atoms.